The molecular weight excluding hydrogens is 318 g/mol. The molecule has 1 saturated carbocycles. The summed E-state index contributed by atoms with van der Waals surface area (Å²) in [6.07, 6.45) is 4.46. The molecule has 20 heavy (non-hydrogen) atoms. The zero-order valence-corrected chi connectivity index (χ0v) is 13.4. The Bertz CT molecular complexity index is 519. The highest BCUT2D eigenvalue weighted by Crippen LogP contribution is 2.34. The number of nitrogens with zero attached hydrogens (tertiary/aromatic N) is 1. The second kappa shape index (κ2) is 5.86. The fourth-order valence-electron chi connectivity index (χ4n) is 3.23. The fraction of sp³-hybridized carbons (Fsp3) is 0.562. The largest absolute Gasteiger partial charge is 0.493 e. The highest BCUT2D eigenvalue weighted by molar-refractivity contribution is 9.10. The van der Waals surface area contributed by atoms with E-state index < -0.39 is 0 Å². The number of fused-ring (bicyclic) bond motifs is 1. The molecule has 4 heteroatoms. The van der Waals surface area contributed by atoms with Gasteiger partial charge < -0.3 is 4.74 Å². The minimum Gasteiger partial charge on any atom is -0.493 e. The molecule has 0 N–H and O–H groups in total. The number of ether oxygens (including phenoxy) is 1. The molecule has 0 amide bonds. The van der Waals surface area contributed by atoms with Gasteiger partial charge in [-0.25, -0.2) is 0 Å². The van der Waals surface area contributed by atoms with Crippen LogP contribution in [0.4, 0.5) is 0 Å². The number of Topliss-reactive ketones (excluding diaryl/α,β-unsaturated/α-hetero) is 1. The van der Waals surface area contributed by atoms with Crippen LogP contribution >= 0.6 is 15.9 Å². The van der Waals surface area contributed by atoms with Gasteiger partial charge in [0.05, 0.1) is 6.61 Å². The van der Waals surface area contributed by atoms with E-state index in [1.807, 2.05) is 0 Å². The first kappa shape index (κ1) is 14.1. The lowest BCUT2D eigenvalue weighted by molar-refractivity contribution is -0.121. The van der Waals surface area contributed by atoms with Gasteiger partial charge in [-0.2, -0.15) is 0 Å². The van der Waals surface area contributed by atoms with E-state index in [1.165, 1.54) is 11.1 Å². The molecule has 108 valence electrons. The Labute approximate surface area is 128 Å². The first-order valence-corrected chi connectivity index (χ1v) is 8.09. The average Bonchev–Trinajstić information content (AvgIpc) is 2.87. The third-order valence-corrected chi connectivity index (χ3v) is 4.84. The van der Waals surface area contributed by atoms with Crippen molar-refractivity contribution in [2.45, 2.75) is 44.7 Å². The highest BCUT2D eigenvalue weighted by atomic mass is 79.9. The van der Waals surface area contributed by atoms with Gasteiger partial charge in [-0.05, 0) is 37.6 Å². The first-order chi connectivity index (χ1) is 9.63. The number of hydrogen-bond donors (Lipinski definition) is 0. The summed E-state index contributed by atoms with van der Waals surface area (Å²) in [6, 6.07) is 4.84. The Morgan fingerprint density at radius 3 is 2.80 bits per heavy atom. The van der Waals surface area contributed by atoms with Crippen LogP contribution in [0, 0.1) is 0 Å². The molecule has 1 aliphatic carbocycles. The first-order valence-electron chi connectivity index (χ1n) is 7.29. The summed E-state index contributed by atoms with van der Waals surface area (Å²) < 4.78 is 6.92. The van der Waals surface area contributed by atoms with Gasteiger partial charge in [-0.3, -0.25) is 9.69 Å². The molecule has 1 aromatic rings. The number of carbonyl (C=O) groups is 1. The maximum absolute atomic E-state index is 11.3. The topological polar surface area (TPSA) is 29.5 Å². The van der Waals surface area contributed by atoms with Crippen LogP contribution in [-0.4, -0.2) is 30.4 Å². The van der Waals surface area contributed by atoms with E-state index in [1.54, 1.807) is 0 Å². The summed E-state index contributed by atoms with van der Waals surface area (Å²) in [4.78, 5) is 13.7. The molecule has 0 aromatic heterocycles. The lowest BCUT2D eigenvalue weighted by Gasteiger charge is -2.31. The molecule has 1 aliphatic heterocycles. The van der Waals surface area contributed by atoms with E-state index >= 15 is 0 Å². The summed E-state index contributed by atoms with van der Waals surface area (Å²) in [6.45, 7) is 1.68. The maximum Gasteiger partial charge on any atom is 0.133 e. The molecule has 0 saturated heterocycles. The van der Waals surface area contributed by atoms with Crippen molar-refractivity contribution in [2.24, 2.45) is 0 Å². The fourth-order valence-corrected chi connectivity index (χ4v) is 3.78. The molecule has 2 aliphatic rings. The second-order valence-corrected chi connectivity index (χ2v) is 6.75. The Kier molecular flexibility index (Phi) is 4.13. The van der Waals surface area contributed by atoms with Gasteiger partial charge >= 0.3 is 0 Å². The van der Waals surface area contributed by atoms with Crippen molar-refractivity contribution >= 4 is 21.7 Å². The van der Waals surface area contributed by atoms with Gasteiger partial charge in [0, 0.05) is 41.9 Å². The van der Waals surface area contributed by atoms with Crippen LogP contribution in [0.5, 0.6) is 5.75 Å². The molecule has 0 radical (unpaired) electrons. The van der Waals surface area contributed by atoms with Gasteiger partial charge in [0.2, 0.25) is 0 Å². The third-order valence-electron chi connectivity index (χ3n) is 4.38. The van der Waals surface area contributed by atoms with E-state index in [-0.39, 0.29) is 0 Å². The number of hydrogen-bond acceptors (Lipinski definition) is 3. The zero-order valence-electron chi connectivity index (χ0n) is 11.8. The smallest absolute Gasteiger partial charge is 0.133 e. The van der Waals surface area contributed by atoms with Gasteiger partial charge in [-0.15, -0.1) is 0 Å². The van der Waals surface area contributed by atoms with Gasteiger partial charge in [0.1, 0.15) is 11.5 Å². The Morgan fingerprint density at radius 1 is 1.30 bits per heavy atom. The minimum atomic E-state index is 0.418. The SMILES string of the molecule is CN(Cc1cc(Br)cc2c1OCC2)C1CCC(=O)CC1. The molecule has 0 atom stereocenters. The van der Waals surface area contributed by atoms with Crippen molar-refractivity contribution in [3.63, 3.8) is 0 Å². The van der Waals surface area contributed by atoms with Crippen molar-refractivity contribution in [3.05, 3.63) is 27.7 Å². The van der Waals surface area contributed by atoms with E-state index in [0.717, 1.165) is 55.5 Å². The minimum absolute atomic E-state index is 0.418. The molecule has 1 heterocycles. The number of halogens is 1. The number of rotatable bonds is 3. The Hall–Kier alpha value is -0.870. The van der Waals surface area contributed by atoms with Crippen LogP contribution < -0.4 is 4.74 Å². The summed E-state index contributed by atoms with van der Waals surface area (Å²) in [7, 11) is 2.16. The zero-order chi connectivity index (χ0) is 14.1. The van der Waals surface area contributed by atoms with Crippen LogP contribution in [0.2, 0.25) is 0 Å². The molecular formula is C16H20BrNO2. The predicted molar refractivity (Wildman–Crippen MR) is 82.1 cm³/mol. The number of carbonyl (C=O) groups excluding carboxylic acids is 1. The average molecular weight is 338 g/mol. The Morgan fingerprint density at radius 2 is 2.05 bits per heavy atom. The van der Waals surface area contributed by atoms with Crippen LogP contribution in [0.25, 0.3) is 0 Å². The molecule has 3 rings (SSSR count). The maximum atomic E-state index is 11.3. The quantitative estimate of drug-likeness (QED) is 0.847. The van der Waals surface area contributed by atoms with E-state index in [0.29, 0.717) is 11.8 Å². The monoisotopic (exact) mass is 337 g/mol. The molecule has 0 unspecified atom stereocenters. The standard InChI is InChI=1S/C16H20BrNO2/c1-18(14-2-4-15(19)5-3-14)10-12-9-13(17)8-11-6-7-20-16(11)12/h8-9,14H,2-7,10H2,1H3. The van der Waals surface area contributed by atoms with Crippen molar-refractivity contribution in [1.29, 1.82) is 0 Å². The van der Waals surface area contributed by atoms with Gasteiger partial charge in [-0.1, -0.05) is 15.9 Å². The summed E-state index contributed by atoms with van der Waals surface area (Å²) in [5, 5.41) is 0. The third kappa shape index (κ3) is 2.91. The van der Waals surface area contributed by atoms with Crippen molar-refractivity contribution in [1.82, 2.24) is 4.90 Å². The molecule has 1 fully saturated rings. The van der Waals surface area contributed by atoms with Gasteiger partial charge in [0.15, 0.2) is 0 Å². The Balaban J connectivity index is 1.73. The lowest BCUT2D eigenvalue weighted by atomic mass is 9.93. The van der Waals surface area contributed by atoms with Crippen LogP contribution in [0.15, 0.2) is 16.6 Å². The summed E-state index contributed by atoms with van der Waals surface area (Å²) in [5.74, 6) is 1.49. The molecule has 1 aromatic carbocycles. The normalized spacial score (nSPS) is 19.2. The van der Waals surface area contributed by atoms with Gasteiger partial charge in [0.25, 0.3) is 0 Å². The second-order valence-electron chi connectivity index (χ2n) is 5.84. The molecule has 0 spiro atoms. The van der Waals surface area contributed by atoms with E-state index in [2.05, 4.69) is 40.0 Å². The van der Waals surface area contributed by atoms with E-state index in [4.69, 9.17) is 4.74 Å². The van der Waals surface area contributed by atoms with Crippen LogP contribution in [0.1, 0.15) is 36.8 Å². The highest BCUT2D eigenvalue weighted by Gasteiger charge is 2.24. The van der Waals surface area contributed by atoms with Crippen LogP contribution in [-0.2, 0) is 17.8 Å². The number of ketones is 1. The summed E-state index contributed by atoms with van der Waals surface area (Å²) >= 11 is 3.59. The molecule has 0 bridgehead atoms. The van der Waals surface area contributed by atoms with Crippen LogP contribution in [0.3, 0.4) is 0 Å². The molecule has 3 nitrogen and oxygen atoms in total. The van der Waals surface area contributed by atoms with E-state index in [9.17, 15) is 4.79 Å². The van der Waals surface area contributed by atoms with Crippen molar-refractivity contribution in [2.75, 3.05) is 13.7 Å². The van der Waals surface area contributed by atoms with Crippen molar-refractivity contribution < 1.29 is 9.53 Å². The number of benzene rings is 1. The summed E-state index contributed by atoms with van der Waals surface area (Å²) in [5.41, 5.74) is 2.56. The lowest BCUT2D eigenvalue weighted by Crippen LogP contribution is -2.34. The predicted octanol–water partition coefficient (Wildman–Crippen LogP) is 3.33. The van der Waals surface area contributed by atoms with Crippen molar-refractivity contribution in [3.8, 4) is 5.75 Å².